The Balaban J connectivity index is 5.10. The Labute approximate surface area is 581 Å². The van der Waals surface area contributed by atoms with Crippen molar-refractivity contribution in [2.75, 3.05) is 39.6 Å². The molecule has 0 saturated heterocycles. The summed E-state index contributed by atoms with van der Waals surface area (Å²) in [5.41, 5.74) is 0. The summed E-state index contributed by atoms with van der Waals surface area (Å²) in [6, 6.07) is 0. The number of unbranched alkanes of at least 4 members (excludes halogenated alkanes) is 51. The first-order valence-electron chi connectivity index (χ1n) is 39.8. The first-order chi connectivity index (χ1) is 46.2. The van der Waals surface area contributed by atoms with E-state index in [2.05, 4.69) is 27.7 Å². The third-order valence-corrected chi connectivity index (χ3v) is 19.8. The Morgan fingerprint density at radius 2 is 0.421 bits per heavy atom. The molecule has 2 unspecified atom stereocenters. The van der Waals surface area contributed by atoms with Crippen LogP contribution in [0.2, 0.25) is 0 Å². The summed E-state index contributed by atoms with van der Waals surface area (Å²) < 4.78 is 68.3. The van der Waals surface area contributed by atoms with E-state index in [0.29, 0.717) is 25.7 Å². The molecule has 19 heteroatoms. The second kappa shape index (κ2) is 70.5. The maximum atomic E-state index is 13.1. The van der Waals surface area contributed by atoms with Crippen molar-refractivity contribution in [3.05, 3.63) is 0 Å². The number of esters is 4. The Bertz CT molecular complexity index is 1810. The van der Waals surface area contributed by atoms with E-state index < -0.39 is 97.5 Å². The fourth-order valence-corrected chi connectivity index (χ4v) is 13.3. The van der Waals surface area contributed by atoms with Crippen LogP contribution in [0.3, 0.4) is 0 Å². The second-order valence-electron chi connectivity index (χ2n) is 27.4. The van der Waals surface area contributed by atoms with E-state index in [1.807, 2.05) is 0 Å². The lowest BCUT2D eigenvalue weighted by Crippen LogP contribution is -2.30. The molecule has 0 aliphatic heterocycles. The molecule has 3 N–H and O–H groups in total. The molecule has 564 valence electrons. The minimum absolute atomic E-state index is 0.105. The maximum Gasteiger partial charge on any atom is 0.472 e. The molecule has 0 aliphatic carbocycles. The Morgan fingerprint density at radius 1 is 0.253 bits per heavy atom. The molecule has 5 atom stereocenters. The standard InChI is InChI=1S/C76H148O17P2/c1-5-9-13-17-21-24-26-28-30-32-34-35-36-37-39-41-43-45-47-51-55-59-63-76(81)93-72(67-87-74(79)61-57-53-50-46-44-42-40-38-33-31-29-27-25-22-18-14-10-6-2)69-91-95(84,85)89-65-70(77)64-88-94(82,83)90-68-71(66-86-73(78)60-56-52-48-20-16-12-8-4)92-75(80)62-58-54-49-23-19-15-11-7-3/h70-72,77H,5-69H2,1-4H3,(H,82,83)(H,84,85)/t70-,71+,72+/m0/s1. The number of hydrogen-bond donors (Lipinski definition) is 3. The molecule has 0 aromatic rings. The highest BCUT2D eigenvalue weighted by Gasteiger charge is 2.30. The molecule has 0 amide bonds. The average molecular weight is 1400 g/mol. The van der Waals surface area contributed by atoms with Gasteiger partial charge in [0.25, 0.3) is 0 Å². The van der Waals surface area contributed by atoms with Gasteiger partial charge in [0.1, 0.15) is 19.3 Å². The van der Waals surface area contributed by atoms with Gasteiger partial charge >= 0.3 is 39.5 Å². The number of aliphatic hydroxyl groups is 1. The normalized spacial score (nSPS) is 13.9. The lowest BCUT2D eigenvalue weighted by Gasteiger charge is -2.21. The Morgan fingerprint density at radius 3 is 0.621 bits per heavy atom. The Kier molecular flexibility index (Phi) is 69.1. The van der Waals surface area contributed by atoms with Crippen molar-refractivity contribution in [2.45, 2.75) is 425 Å². The van der Waals surface area contributed by atoms with Crippen molar-refractivity contribution in [3.8, 4) is 0 Å². The van der Waals surface area contributed by atoms with Gasteiger partial charge in [0.05, 0.1) is 26.4 Å². The Hall–Kier alpha value is -1.94. The molecule has 0 heterocycles. The van der Waals surface area contributed by atoms with E-state index in [4.69, 9.17) is 37.0 Å². The molecule has 0 rings (SSSR count). The zero-order chi connectivity index (χ0) is 69.7. The van der Waals surface area contributed by atoms with Gasteiger partial charge in [-0.25, -0.2) is 9.13 Å². The second-order valence-corrected chi connectivity index (χ2v) is 30.3. The van der Waals surface area contributed by atoms with Gasteiger partial charge in [0, 0.05) is 25.7 Å². The molecule has 0 bridgehead atoms. The van der Waals surface area contributed by atoms with Crippen molar-refractivity contribution in [1.82, 2.24) is 0 Å². The van der Waals surface area contributed by atoms with Crippen LogP contribution in [0, 0.1) is 0 Å². The van der Waals surface area contributed by atoms with Crippen LogP contribution in [0.4, 0.5) is 0 Å². The molecule has 0 aliphatic rings. The quantitative estimate of drug-likeness (QED) is 0.0222. The van der Waals surface area contributed by atoms with Crippen LogP contribution >= 0.6 is 15.6 Å². The van der Waals surface area contributed by atoms with E-state index in [-0.39, 0.29) is 25.7 Å². The van der Waals surface area contributed by atoms with E-state index in [1.54, 1.807) is 0 Å². The summed E-state index contributed by atoms with van der Waals surface area (Å²) in [6.45, 7) is 4.91. The monoisotopic (exact) mass is 1400 g/mol. The molecule has 0 radical (unpaired) electrons. The summed E-state index contributed by atoms with van der Waals surface area (Å²) in [7, 11) is -9.90. The molecular formula is C76H148O17P2. The van der Waals surface area contributed by atoms with Crippen LogP contribution < -0.4 is 0 Å². The molecule has 0 fully saturated rings. The van der Waals surface area contributed by atoms with Gasteiger partial charge in [-0.15, -0.1) is 0 Å². The van der Waals surface area contributed by atoms with Crippen LogP contribution in [0.15, 0.2) is 0 Å². The lowest BCUT2D eigenvalue weighted by molar-refractivity contribution is -0.161. The highest BCUT2D eigenvalue weighted by atomic mass is 31.2. The first-order valence-corrected chi connectivity index (χ1v) is 42.8. The van der Waals surface area contributed by atoms with Gasteiger partial charge < -0.3 is 33.8 Å². The molecule has 0 aromatic carbocycles. The summed E-state index contributed by atoms with van der Waals surface area (Å²) in [4.78, 5) is 72.5. The van der Waals surface area contributed by atoms with E-state index in [1.165, 1.54) is 218 Å². The lowest BCUT2D eigenvalue weighted by atomic mass is 10.0. The number of phosphoric ester groups is 2. The minimum atomic E-state index is -4.95. The number of phosphoric acid groups is 2. The van der Waals surface area contributed by atoms with Crippen molar-refractivity contribution in [1.29, 1.82) is 0 Å². The fourth-order valence-electron chi connectivity index (χ4n) is 11.8. The number of rotatable bonds is 77. The number of ether oxygens (including phenoxy) is 4. The van der Waals surface area contributed by atoms with Gasteiger partial charge in [0.2, 0.25) is 0 Å². The number of carbonyl (C=O) groups is 4. The van der Waals surface area contributed by atoms with Crippen molar-refractivity contribution in [2.24, 2.45) is 0 Å². The first kappa shape index (κ1) is 93.1. The topological polar surface area (TPSA) is 237 Å². The molecule has 0 aromatic heterocycles. The number of carbonyl (C=O) groups excluding carboxylic acids is 4. The van der Waals surface area contributed by atoms with Crippen molar-refractivity contribution < 1.29 is 80.2 Å². The highest BCUT2D eigenvalue weighted by Crippen LogP contribution is 2.45. The zero-order valence-electron chi connectivity index (χ0n) is 61.6. The van der Waals surface area contributed by atoms with E-state index in [9.17, 15) is 43.2 Å². The molecular weight excluding hydrogens is 1250 g/mol. The number of aliphatic hydroxyl groups excluding tert-OH is 1. The van der Waals surface area contributed by atoms with Crippen molar-refractivity contribution in [3.63, 3.8) is 0 Å². The van der Waals surface area contributed by atoms with Gasteiger partial charge in [0.15, 0.2) is 12.2 Å². The fraction of sp³-hybridized carbons (Fsp3) is 0.947. The van der Waals surface area contributed by atoms with Crippen LogP contribution in [0.1, 0.15) is 407 Å². The molecule has 0 spiro atoms. The van der Waals surface area contributed by atoms with Crippen LogP contribution in [0.25, 0.3) is 0 Å². The van der Waals surface area contributed by atoms with Crippen molar-refractivity contribution >= 4 is 39.5 Å². The summed E-state index contributed by atoms with van der Waals surface area (Å²) in [5, 5.41) is 10.6. The maximum absolute atomic E-state index is 13.1. The third-order valence-electron chi connectivity index (χ3n) is 17.9. The van der Waals surface area contributed by atoms with Gasteiger partial charge in [-0.3, -0.25) is 37.3 Å². The predicted molar refractivity (Wildman–Crippen MR) is 386 cm³/mol. The predicted octanol–water partition coefficient (Wildman–Crippen LogP) is 22.6. The largest absolute Gasteiger partial charge is 0.472 e. The zero-order valence-corrected chi connectivity index (χ0v) is 63.4. The third kappa shape index (κ3) is 70.3. The smallest absolute Gasteiger partial charge is 0.462 e. The van der Waals surface area contributed by atoms with Crippen LogP contribution in [0.5, 0.6) is 0 Å². The summed E-state index contributed by atoms with van der Waals surface area (Å²) in [5.74, 6) is -2.12. The number of hydrogen-bond acceptors (Lipinski definition) is 15. The highest BCUT2D eigenvalue weighted by molar-refractivity contribution is 7.47. The minimum Gasteiger partial charge on any atom is -0.462 e. The van der Waals surface area contributed by atoms with E-state index >= 15 is 0 Å². The van der Waals surface area contributed by atoms with Crippen LogP contribution in [-0.4, -0.2) is 96.7 Å². The van der Waals surface area contributed by atoms with Gasteiger partial charge in [-0.1, -0.05) is 355 Å². The van der Waals surface area contributed by atoms with E-state index in [0.717, 1.165) is 109 Å². The van der Waals surface area contributed by atoms with Gasteiger partial charge in [-0.2, -0.15) is 0 Å². The van der Waals surface area contributed by atoms with Gasteiger partial charge in [-0.05, 0) is 25.7 Å². The molecule has 17 nitrogen and oxygen atoms in total. The SMILES string of the molecule is CCCCCCCCCCCCCCCCCCCCCCCCC(=O)O[C@H](COC(=O)CCCCCCCCCCCCCCCCCCCC)COP(=O)(O)OC[C@@H](O)COP(=O)(O)OC[C@@H](COC(=O)CCCCCCCCC)OC(=O)CCCCCCCCCC. The summed E-state index contributed by atoms with van der Waals surface area (Å²) >= 11 is 0. The summed E-state index contributed by atoms with van der Waals surface area (Å²) in [6.07, 6.45) is 61.6. The average Bonchev–Trinajstić information content (AvgIpc) is 3.44. The van der Waals surface area contributed by atoms with Crippen LogP contribution in [-0.2, 0) is 65.4 Å². The molecule has 0 saturated carbocycles. The molecule has 95 heavy (non-hydrogen) atoms.